The Morgan fingerprint density at radius 1 is 1.00 bits per heavy atom. The summed E-state index contributed by atoms with van der Waals surface area (Å²) in [6.45, 7) is 8.04. The van der Waals surface area contributed by atoms with Crippen molar-refractivity contribution in [2.45, 2.75) is 64.6 Å². The number of hydrogen-bond acceptors (Lipinski definition) is 2. The second-order valence-corrected chi connectivity index (χ2v) is 5.29. The molecule has 0 radical (unpaired) electrons. The molecule has 0 bridgehead atoms. The average Bonchev–Trinajstić information content (AvgIpc) is 2.27. The maximum Gasteiger partial charge on any atom is 0.00960 e. The second kappa shape index (κ2) is 5.86. The van der Waals surface area contributed by atoms with Gasteiger partial charge in [-0.05, 0) is 60.2 Å². The predicted molar refractivity (Wildman–Crippen MR) is 67.2 cm³/mol. The summed E-state index contributed by atoms with van der Waals surface area (Å²) in [4.78, 5) is 5.05. The van der Waals surface area contributed by atoms with Crippen LogP contribution in [0.2, 0.25) is 0 Å². The van der Waals surface area contributed by atoms with Gasteiger partial charge in [-0.3, -0.25) is 0 Å². The van der Waals surface area contributed by atoms with Crippen LogP contribution < -0.4 is 0 Å². The first-order valence-corrected chi connectivity index (χ1v) is 6.48. The SMILES string of the molecule is CCN(C)C1CCC(N(C)C(C)C)CC1. The normalized spacial score (nSPS) is 28.0. The molecule has 0 unspecified atom stereocenters. The lowest BCUT2D eigenvalue weighted by Gasteiger charge is -2.39. The fraction of sp³-hybridized carbons (Fsp3) is 1.00. The van der Waals surface area contributed by atoms with Crippen LogP contribution in [0, 0.1) is 0 Å². The van der Waals surface area contributed by atoms with Gasteiger partial charge in [-0.2, -0.15) is 0 Å². The zero-order valence-corrected chi connectivity index (χ0v) is 11.2. The van der Waals surface area contributed by atoms with E-state index in [0.717, 1.165) is 12.1 Å². The molecule has 0 N–H and O–H groups in total. The van der Waals surface area contributed by atoms with Crippen LogP contribution in [-0.2, 0) is 0 Å². The van der Waals surface area contributed by atoms with Gasteiger partial charge in [0.2, 0.25) is 0 Å². The van der Waals surface area contributed by atoms with E-state index in [1.54, 1.807) is 0 Å². The summed E-state index contributed by atoms with van der Waals surface area (Å²) in [5, 5.41) is 0. The van der Waals surface area contributed by atoms with Crippen molar-refractivity contribution in [2.24, 2.45) is 0 Å². The van der Waals surface area contributed by atoms with Crippen molar-refractivity contribution in [1.82, 2.24) is 9.80 Å². The summed E-state index contributed by atoms with van der Waals surface area (Å²) in [6, 6.07) is 2.36. The molecule has 15 heavy (non-hydrogen) atoms. The van der Waals surface area contributed by atoms with Crippen molar-refractivity contribution >= 4 is 0 Å². The molecular formula is C13H28N2. The molecule has 0 aliphatic heterocycles. The van der Waals surface area contributed by atoms with Gasteiger partial charge in [0.1, 0.15) is 0 Å². The zero-order chi connectivity index (χ0) is 11.4. The zero-order valence-electron chi connectivity index (χ0n) is 11.2. The summed E-state index contributed by atoms with van der Waals surface area (Å²) in [7, 11) is 4.54. The molecule has 0 atom stereocenters. The van der Waals surface area contributed by atoms with E-state index in [0.29, 0.717) is 6.04 Å². The van der Waals surface area contributed by atoms with Crippen molar-refractivity contribution in [3.63, 3.8) is 0 Å². The Bertz CT molecular complexity index is 171. The van der Waals surface area contributed by atoms with Gasteiger partial charge >= 0.3 is 0 Å². The van der Waals surface area contributed by atoms with Gasteiger partial charge in [-0.15, -0.1) is 0 Å². The third-order valence-electron chi connectivity index (χ3n) is 4.18. The molecule has 90 valence electrons. The molecule has 1 aliphatic carbocycles. The molecule has 1 saturated carbocycles. The third-order valence-corrected chi connectivity index (χ3v) is 4.18. The predicted octanol–water partition coefficient (Wildman–Crippen LogP) is 2.59. The van der Waals surface area contributed by atoms with Crippen molar-refractivity contribution < 1.29 is 0 Å². The van der Waals surface area contributed by atoms with Gasteiger partial charge in [0.05, 0.1) is 0 Å². The topological polar surface area (TPSA) is 6.48 Å². The van der Waals surface area contributed by atoms with E-state index in [2.05, 4.69) is 44.7 Å². The first kappa shape index (κ1) is 13.0. The van der Waals surface area contributed by atoms with Gasteiger partial charge in [-0.1, -0.05) is 6.92 Å². The molecule has 0 saturated heterocycles. The van der Waals surface area contributed by atoms with Crippen LogP contribution in [-0.4, -0.2) is 48.6 Å². The molecular weight excluding hydrogens is 184 g/mol. The van der Waals surface area contributed by atoms with Crippen LogP contribution in [0.15, 0.2) is 0 Å². The Hall–Kier alpha value is -0.0800. The number of hydrogen-bond donors (Lipinski definition) is 0. The van der Waals surface area contributed by atoms with Crippen LogP contribution in [0.1, 0.15) is 46.5 Å². The van der Waals surface area contributed by atoms with E-state index >= 15 is 0 Å². The maximum atomic E-state index is 2.54. The Labute approximate surface area is 95.6 Å². The van der Waals surface area contributed by atoms with Gasteiger partial charge < -0.3 is 9.80 Å². The second-order valence-electron chi connectivity index (χ2n) is 5.29. The molecule has 0 heterocycles. The van der Waals surface area contributed by atoms with Crippen molar-refractivity contribution in [3.05, 3.63) is 0 Å². The molecule has 2 nitrogen and oxygen atoms in total. The van der Waals surface area contributed by atoms with Crippen LogP contribution in [0.4, 0.5) is 0 Å². The highest BCUT2D eigenvalue weighted by molar-refractivity contribution is 4.83. The van der Waals surface area contributed by atoms with Crippen LogP contribution >= 0.6 is 0 Å². The minimum absolute atomic E-state index is 0.690. The van der Waals surface area contributed by atoms with Gasteiger partial charge in [-0.25, -0.2) is 0 Å². The average molecular weight is 212 g/mol. The Morgan fingerprint density at radius 3 is 1.87 bits per heavy atom. The Morgan fingerprint density at radius 2 is 1.47 bits per heavy atom. The van der Waals surface area contributed by atoms with Crippen molar-refractivity contribution in [3.8, 4) is 0 Å². The number of rotatable bonds is 4. The van der Waals surface area contributed by atoms with Crippen LogP contribution in [0.5, 0.6) is 0 Å². The summed E-state index contributed by atoms with van der Waals surface area (Å²) in [6.07, 6.45) is 5.52. The van der Waals surface area contributed by atoms with Crippen molar-refractivity contribution in [2.75, 3.05) is 20.6 Å². The molecule has 1 rings (SSSR count). The highest BCUT2D eigenvalue weighted by atomic mass is 15.2. The standard InChI is InChI=1S/C13H28N2/c1-6-14(4)12-7-9-13(10-8-12)15(5)11(2)3/h11-13H,6-10H2,1-5H3. The van der Waals surface area contributed by atoms with Crippen LogP contribution in [0.25, 0.3) is 0 Å². The minimum atomic E-state index is 0.690. The summed E-state index contributed by atoms with van der Waals surface area (Å²) < 4.78 is 0. The molecule has 0 aromatic carbocycles. The van der Waals surface area contributed by atoms with Gasteiger partial charge in [0.15, 0.2) is 0 Å². The van der Waals surface area contributed by atoms with Gasteiger partial charge in [0.25, 0.3) is 0 Å². The van der Waals surface area contributed by atoms with Crippen LogP contribution in [0.3, 0.4) is 0 Å². The maximum absolute atomic E-state index is 2.54. The summed E-state index contributed by atoms with van der Waals surface area (Å²) >= 11 is 0. The fourth-order valence-corrected chi connectivity index (χ4v) is 2.59. The Kier molecular flexibility index (Phi) is 5.07. The van der Waals surface area contributed by atoms with E-state index < -0.39 is 0 Å². The lowest BCUT2D eigenvalue weighted by molar-refractivity contribution is 0.109. The van der Waals surface area contributed by atoms with E-state index in [1.165, 1.54) is 32.2 Å². The quantitative estimate of drug-likeness (QED) is 0.707. The van der Waals surface area contributed by atoms with E-state index in [4.69, 9.17) is 0 Å². The van der Waals surface area contributed by atoms with Gasteiger partial charge in [0, 0.05) is 18.1 Å². The van der Waals surface area contributed by atoms with E-state index in [-0.39, 0.29) is 0 Å². The summed E-state index contributed by atoms with van der Waals surface area (Å²) in [5.41, 5.74) is 0. The highest BCUT2D eigenvalue weighted by Crippen LogP contribution is 2.26. The lowest BCUT2D eigenvalue weighted by Crippen LogP contribution is -2.43. The molecule has 0 spiro atoms. The fourth-order valence-electron chi connectivity index (χ4n) is 2.59. The monoisotopic (exact) mass is 212 g/mol. The summed E-state index contributed by atoms with van der Waals surface area (Å²) in [5.74, 6) is 0. The smallest absolute Gasteiger partial charge is 0.00960 e. The van der Waals surface area contributed by atoms with E-state index in [9.17, 15) is 0 Å². The first-order valence-electron chi connectivity index (χ1n) is 6.48. The first-order chi connectivity index (χ1) is 7.06. The minimum Gasteiger partial charge on any atom is -0.304 e. The molecule has 1 fully saturated rings. The highest BCUT2D eigenvalue weighted by Gasteiger charge is 2.26. The Balaban J connectivity index is 2.35. The largest absolute Gasteiger partial charge is 0.304 e. The van der Waals surface area contributed by atoms with E-state index in [1.807, 2.05) is 0 Å². The molecule has 0 aromatic heterocycles. The molecule has 0 aromatic rings. The number of nitrogens with zero attached hydrogens (tertiary/aromatic N) is 2. The molecule has 2 heteroatoms. The third kappa shape index (κ3) is 3.46. The molecule has 0 amide bonds. The van der Waals surface area contributed by atoms with Crippen molar-refractivity contribution in [1.29, 1.82) is 0 Å². The molecule has 1 aliphatic rings. The lowest BCUT2D eigenvalue weighted by atomic mass is 9.89.